The fourth-order valence-electron chi connectivity index (χ4n) is 5.86. The van der Waals surface area contributed by atoms with Crippen molar-refractivity contribution in [3.63, 3.8) is 0 Å². The number of amides is 2. The number of hydrogen-bond acceptors (Lipinski definition) is 7. The maximum atomic E-state index is 13.6. The van der Waals surface area contributed by atoms with Crippen LogP contribution in [0.3, 0.4) is 0 Å². The zero-order valence-corrected chi connectivity index (χ0v) is 18.4. The number of piperidine rings is 1. The Morgan fingerprint density at radius 2 is 1.97 bits per heavy atom. The summed E-state index contributed by atoms with van der Waals surface area (Å²) in [6.45, 7) is 3.63. The highest BCUT2D eigenvalue weighted by molar-refractivity contribution is 6.03. The van der Waals surface area contributed by atoms with Gasteiger partial charge in [-0.05, 0) is 31.9 Å². The van der Waals surface area contributed by atoms with Crippen molar-refractivity contribution < 1.29 is 33.3 Å². The van der Waals surface area contributed by atoms with Crippen molar-refractivity contribution in [3.8, 4) is 11.5 Å². The van der Waals surface area contributed by atoms with E-state index in [2.05, 4.69) is 0 Å². The zero-order valence-electron chi connectivity index (χ0n) is 18.4. The summed E-state index contributed by atoms with van der Waals surface area (Å²) >= 11 is 0. The fourth-order valence-corrected chi connectivity index (χ4v) is 5.86. The Balaban J connectivity index is 1.20. The molecule has 6 rings (SSSR count). The van der Waals surface area contributed by atoms with Gasteiger partial charge in [-0.15, -0.1) is 0 Å². The Kier molecular flexibility index (Phi) is 4.65. The minimum Gasteiger partial charge on any atom is -0.466 e. The van der Waals surface area contributed by atoms with Gasteiger partial charge in [0.2, 0.25) is 18.6 Å². The first-order valence-corrected chi connectivity index (χ1v) is 11.5. The molecule has 3 fully saturated rings. The second-order valence-corrected chi connectivity index (χ2v) is 9.21. The summed E-state index contributed by atoms with van der Waals surface area (Å²) in [6, 6.07) is 5.42. The van der Waals surface area contributed by atoms with E-state index < -0.39 is 23.5 Å². The third kappa shape index (κ3) is 3.05. The number of fused-ring (bicyclic) bond motifs is 2. The molecule has 0 aliphatic carbocycles. The molecule has 3 saturated heterocycles. The molecule has 2 amide bonds. The Labute approximate surface area is 191 Å². The van der Waals surface area contributed by atoms with E-state index in [0.717, 1.165) is 0 Å². The monoisotopic (exact) mass is 454 g/mol. The number of esters is 1. The lowest BCUT2D eigenvalue weighted by Gasteiger charge is -2.34. The average Bonchev–Trinajstić information content (AvgIpc) is 3.59. The molecule has 5 aliphatic heterocycles. The number of nitrogens with zero attached hydrogens (tertiary/aromatic N) is 2. The molecule has 5 aliphatic rings. The summed E-state index contributed by atoms with van der Waals surface area (Å²) < 4.78 is 22.2. The largest absolute Gasteiger partial charge is 0.466 e. The van der Waals surface area contributed by atoms with Gasteiger partial charge in [0.05, 0.1) is 37.0 Å². The van der Waals surface area contributed by atoms with Crippen LogP contribution in [0.1, 0.15) is 19.8 Å². The summed E-state index contributed by atoms with van der Waals surface area (Å²) in [5, 5.41) is 0. The van der Waals surface area contributed by atoms with E-state index in [1.165, 1.54) is 0 Å². The number of likely N-dealkylation sites (tertiary alicyclic amines) is 1. The van der Waals surface area contributed by atoms with Crippen LogP contribution in [-0.2, 0) is 23.9 Å². The number of ether oxygens (including phenoxy) is 4. The van der Waals surface area contributed by atoms with Crippen LogP contribution >= 0.6 is 0 Å². The highest BCUT2D eigenvalue weighted by Crippen LogP contribution is 2.53. The van der Waals surface area contributed by atoms with E-state index in [1.807, 2.05) is 18.2 Å². The van der Waals surface area contributed by atoms with Gasteiger partial charge in [0.25, 0.3) is 0 Å². The normalized spacial score (nSPS) is 31.9. The Morgan fingerprint density at radius 1 is 1.18 bits per heavy atom. The molecule has 9 heteroatoms. The maximum absolute atomic E-state index is 13.6. The van der Waals surface area contributed by atoms with Crippen LogP contribution < -0.4 is 14.4 Å². The number of carbonyl (C=O) groups excluding carboxylic acids is 3. The molecular formula is C24H26N2O7. The third-order valence-electron chi connectivity index (χ3n) is 7.48. The number of carbonyl (C=O) groups is 3. The lowest BCUT2D eigenvalue weighted by molar-refractivity contribution is -0.152. The SMILES string of the molecule is CCOC(=O)C1CCN(C(=O)C2C3C=CC4(CN(c5ccc6c(c5)OCO6)C(=O)C24)O3)CC1. The lowest BCUT2D eigenvalue weighted by Crippen LogP contribution is -2.49. The van der Waals surface area contributed by atoms with E-state index >= 15 is 0 Å². The predicted molar refractivity (Wildman–Crippen MR) is 115 cm³/mol. The van der Waals surface area contributed by atoms with Gasteiger partial charge >= 0.3 is 5.97 Å². The molecule has 4 unspecified atom stereocenters. The molecule has 0 radical (unpaired) electrons. The van der Waals surface area contributed by atoms with Gasteiger partial charge in [0.15, 0.2) is 11.5 Å². The van der Waals surface area contributed by atoms with E-state index in [9.17, 15) is 14.4 Å². The maximum Gasteiger partial charge on any atom is 0.309 e. The second-order valence-electron chi connectivity index (χ2n) is 9.21. The second kappa shape index (κ2) is 7.48. The van der Waals surface area contributed by atoms with Crippen LogP contribution in [0.4, 0.5) is 5.69 Å². The van der Waals surface area contributed by atoms with Crippen molar-refractivity contribution >= 4 is 23.5 Å². The summed E-state index contributed by atoms with van der Waals surface area (Å²) in [4.78, 5) is 42.7. The molecule has 174 valence electrons. The Bertz CT molecular complexity index is 1050. The van der Waals surface area contributed by atoms with Crippen molar-refractivity contribution in [2.45, 2.75) is 31.5 Å². The number of anilines is 1. The van der Waals surface area contributed by atoms with Crippen LogP contribution in [0.15, 0.2) is 30.4 Å². The first-order chi connectivity index (χ1) is 16.0. The molecule has 2 bridgehead atoms. The lowest BCUT2D eigenvalue weighted by atomic mass is 9.76. The standard InChI is InChI=1S/C24H26N2O7/c1-2-30-23(29)14-6-9-25(10-7-14)21(27)19-17-5-8-24(33-17)12-26(22(28)20(19)24)15-3-4-16-18(11-15)32-13-31-16/h3-5,8,11,14,17,19-20H,2,6-7,9-10,12-13H2,1H3. The Hall–Kier alpha value is -3.07. The molecule has 0 aromatic heterocycles. The average molecular weight is 454 g/mol. The van der Waals surface area contributed by atoms with E-state index in [1.54, 1.807) is 28.9 Å². The number of hydrogen-bond donors (Lipinski definition) is 0. The summed E-state index contributed by atoms with van der Waals surface area (Å²) in [5.41, 5.74) is -0.0863. The molecule has 4 atom stereocenters. The van der Waals surface area contributed by atoms with Crippen LogP contribution in [0.25, 0.3) is 0 Å². The highest BCUT2D eigenvalue weighted by atomic mass is 16.7. The van der Waals surface area contributed by atoms with Crippen LogP contribution in [0.2, 0.25) is 0 Å². The fraction of sp³-hybridized carbons (Fsp3) is 0.542. The van der Waals surface area contributed by atoms with Crippen molar-refractivity contribution in [2.24, 2.45) is 17.8 Å². The Morgan fingerprint density at radius 3 is 2.76 bits per heavy atom. The molecule has 5 heterocycles. The van der Waals surface area contributed by atoms with E-state index in [-0.39, 0.29) is 30.5 Å². The molecule has 1 aromatic rings. The van der Waals surface area contributed by atoms with Gasteiger partial charge in [0, 0.05) is 24.8 Å². The zero-order chi connectivity index (χ0) is 22.7. The smallest absolute Gasteiger partial charge is 0.309 e. The summed E-state index contributed by atoms with van der Waals surface area (Å²) in [6.07, 6.45) is 4.62. The summed E-state index contributed by atoms with van der Waals surface area (Å²) in [5.74, 6) is -0.409. The van der Waals surface area contributed by atoms with Gasteiger partial charge in [-0.1, -0.05) is 12.2 Å². The third-order valence-corrected chi connectivity index (χ3v) is 7.48. The minimum absolute atomic E-state index is 0.0700. The molecule has 0 N–H and O–H groups in total. The predicted octanol–water partition coefficient (Wildman–Crippen LogP) is 1.50. The molecule has 1 spiro atoms. The highest BCUT2D eigenvalue weighted by Gasteiger charge is 2.67. The van der Waals surface area contributed by atoms with Gasteiger partial charge in [-0.3, -0.25) is 14.4 Å². The molecule has 33 heavy (non-hydrogen) atoms. The van der Waals surface area contributed by atoms with Crippen molar-refractivity contribution in [1.82, 2.24) is 4.90 Å². The van der Waals surface area contributed by atoms with Crippen LogP contribution in [-0.4, -0.2) is 67.4 Å². The van der Waals surface area contributed by atoms with Crippen LogP contribution in [0, 0.1) is 17.8 Å². The topological polar surface area (TPSA) is 94.6 Å². The molecular weight excluding hydrogens is 428 g/mol. The van der Waals surface area contributed by atoms with Crippen LogP contribution in [0.5, 0.6) is 11.5 Å². The number of benzene rings is 1. The van der Waals surface area contributed by atoms with Crippen molar-refractivity contribution in [2.75, 3.05) is 37.9 Å². The minimum atomic E-state index is -0.790. The quantitative estimate of drug-likeness (QED) is 0.503. The van der Waals surface area contributed by atoms with Gasteiger partial charge in [0.1, 0.15) is 5.60 Å². The van der Waals surface area contributed by atoms with Gasteiger partial charge in [-0.25, -0.2) is 0 Å². The first-order valence-electron chi connectivity index (χ1n) is 11.5. The van der Waals surface area contributed by atoms with Gasteiger partial charge in [-0.2, -0.15) is 0 Å². The van der Waals surface area contributed by atoms with Gasteiger partial charge < -0.3 is 28.7 Å². The van der Waals surface area contributed by atoms with E-state index in [4.69, 9.17) is 18.9 Å². The van der Waals surface area contributed by atoms with E-state index in [0.29, 0.717) is 56.3 Å². The molecule has 0 saturated carbocycles. The molecule has 1 aromatic carbocycles. The van der Waals surface area contributed by atoms with Crippen molar-refractivity contribution in [1.29, 1.82) is 0 Å². The van der Waals surface area contributed by atoms with Crippen molar-refractivity contribution in [3.05, 3.63) is 30.4 Å². The molecule has 9 nitrogen and oxygen atoms in total. The summed E-state index contributed by atoms with van der Waals surface area (Å²) in [7, 11) is 0. The number of rotatable bonds is 4. The first kappa shape index (κ1) is 20.5.